The van der Waals surface area contributed by atoms with Gasteiger partial charge in [-0.25, -0.2) is 4.79 Å². The zero-order chi connectivity index (χ0) is 18.9. The van der Waals surface area contributed by atoms with Crippen molar-refractivity contribution < 1.29 is 14.7 Å². The van der Waals surface area contributed by atoms with Crippen molar-refractivity contribution in [2.24, 2.45) is 0 Å². The van der Waals surface area contributed by atoms with E-state index < -0.39 is 5.97 Å². The highest BCUT2D eigenvalue weighted by molar-refractivity contribution is 5.75. The normalized spacial score (nSPS) is 17.5. The maximum atomic E-state index is 12.6. The molecule has 2 amide bonds. The van der Waals surface area contributed by atoms with Crippen molar-refractivity contribution in [3.8, 4) is 0 Å². The number of rotatable bonds is 8. The van der Waals surface area contributed by atoms with Crippen molar-refractivity contribution in [2.75, 3.05) is 26.2 Å². The molecule has 6 heteroatoms. The maximum Gasteiger partial charge on any atom is 0.317 e. The Labute approximate surface area is 156 Å². The number of carbonyl (C=O) groups is 2. The lowest BCUT2D eigenvalue weighted by molar-refractivity contribution is -0.137. The zero-order valence-electron chi connectivity index (χ0n) is 15.9. The van der Waals surface area contributed by atoms with Crippen molar-refractivity contribution in [1.29, 1.82) is 0 Å². The molecule has 1 aromatic carbocycles. The molecule has 1 fully saturated rings. The van der Waals surface area contributed by atoms with Gasteiger partial charge in [0.25, 0.3) is 0 Å². The SMILES string of the molecule is CCC(C)N1CCN(C(=O)NC(CCC(=O)O)Cc2ccccc2)CC1. The summed E-state index contributed by atoms with van der Waals surface area (Å²) in [4.78, 5) is 27.8. The Kier molecular flexibility index (Phi) is 7.91. The van der Waals surface area contributed by atoms with Gasteiger partial charge in [0.1, 0.15) is 0 Å². The first-order valence-electron chi connectivity index (χ1n) is 9.54. The number of urea groups is 1. The lowest BCUT2D eigenvalue weighted by atomic mass is 10.0. The second-order valence-corrected chi connectivity index (χ2v) is 7.05. The Balaban J connectivity index is 1.90. The fraction of sp³-hybridized carbons (Fsp3) is 0.600. The number of carbonyl (C=O) groups excluding carboxylic acids is 1. The van der Waals surface area contributed by atoms with Gasteiger partial charge in [-0.1, -0.05) is 37.3 Å². The van der Waals surface area contributed by atoms with Gasteiger partial charge in [0.05, 0.1) is 0 Å². The molecule has 144 valence electrons. The van der Waals surface area contributed by atoms with Gasteiger partial charge < -0.3 is 15.3 Å². The summed E-state index contributed by atoms with van der Waals surface area (Å²) >= 11 is 0. The molecule has 1 heterocycles. The molecule has 0 bridgehead atoms. The van der Waals surface area contributed by atoms with E-state index in [9.17, 15) is 9.59 Å². The van der Waals surface area contributed by atoms with Crippen LogP contribution in [0.4, 0.5) is 4.79 Å². The summed E-state index contributed by atoms with van der Waals surface area (Å²) < 4.78 is 0. The Bertz CT molecular complexity index is 571. The molecule has 2 rings (SSSR count). The molecule has 2 N–H and O–H groups in total. The molecule has 0 aliphatic carbocycles. The molecule has 1 aromatic rings. The number of benzene rings is 1. The lowest BCUT2D eigenvalue weighted by Gasteiger charge is -2.38. The van der Waals surface area contributed by atoms with E-state index in [-0.39, 0.29) is 18.5 Å². The third kappa shape index (κ3) is 6.33. The monoisotopic (exact) mass is 361 g/mol. The molecule has 2 unspecified atom stereocenters. The van der Waals surface area contributed by atoms with Gasteiger partial charge in [0.2, 0.25) is 0 Å². The first kappa shape index (κ1) is 20.2. The molecule has 6 nitrogen and oxygen atoms in total. The van der Waals surface area contributed by atoms with Crippen LogP contribution < -0.4 is 5.32 Å². The van der Waals surface area contributed by atoms with E-state index >= 15 is 0 Å². The Hall–Kier alpha value is -2.08. The van der Waals surface area contributed by atoms with Crippen molar-refractivity contribution in [2.45, 2.75) is 51.6 Å². The molecule has 0 spiro atoms. The van der Waals surface area contributed by atoms with Crippen LogP contribution in [0.2, 0.25) is 0 Å². The number of hydrogen-bond donors (Lipinski definition) is 2. The van der Waals surface area contributed by atoms with Gasteiger partial charge in [0, 0.05) is 44.7 Å². The molecule has 1 saturated heterocycles. The van der Waals surface area contributed by atoms with Gasteiger partial charge in [-0.2, -0.15) is 0 Å². The van der Waals surface area contributed by atoms with Gasteiger partial charge >= 0.3 is 12.0 Å². The largest absolute Gasteiger partial charge is 0.481 e. The van der Waals surface area contributed by atoms with Crippen LogP contribution in [0.5, 0.6) is 0 Å². The van der Waals surface area contributed by atoms with Gasteiger partial charge in [-0.05, 0) is 31.7 Å². The summed E-state index contributed by atoms with van der Waals surface area (Å²) in [5.74, 6) is -0.834. The summed E-state index contributed by atoms with van der Waals surface area (Å²) in [5.41, 5.74) is 1.10. The lowest BCUT2D eigenvalue weighted by Crippen LogP contribution is -2.55. The highest BCUT2D eigenvalue weighted by Crippen LogP contribution is 2.11. The van der Waals surface area contributed by atoms with Crippen molar-refractivity contribution in [3.63, 3.8) is 0 Å². The Morgan fingerprint density at radius 3 is 2.38 bits per heavy atom. The number of nitrogens with zero attached hydrogens (tertiary/aromatic N) is 2. The molecule has 0 aromatic heterocycles. The third-order valence-corrected chi connectivity index (χ3v) is 5.17. The average Bonchev–Trinajstić information content (AvgIpc) is 2.66. The van der Waals surface area contributed by atoms with E-state index in [1.807, 2.05) is 35.2 Å². The second-order valence-electron chi connectivity index (χ2n) is 7.05. The number of amides is 2. The molecular formula is C20H31N3O3. The van der Waals surface area contributed by atoms with Crippen molar-refractivity contribution in [1.82, 2.24) is 15.1 Å². The van der Waals surface area contributed by atoms with Crippen LogP contribution in [0.3, 0.4) is 0 Å². The topological polar surface area (TPSA) is 72.9 Å². The molecular weight excluding hydrogens is 330 g/mol. The van der Waals surface area contributed by atoms with Crippen LogP contribution in [-0.2, 0) is 11.2 Å². The molecule has 1 aliphatic heterocycles. The number of aliphatic carboxylic acids is 1. The van der Waals surface area contributed by atoms with Crippen molar-refractivity contribution >= 4 is 12.0 Å². The standard InChI is InChI=1S/C20H31N3O3/c1-3-16(2)22-11-13-23(14-12-22)20(26)21-18(9-10-19(24)25)15-17-7-5-4-6-8-17/h4-8,16,18H,3,9-15H2,1-2H3,(H,21,26)(H,24,25). The molecule has 0 radical (unpaired) electrons. The fourth-order valence-electron chi connectivity index (χ4n) is 3.31. The van der Waals surface area contributed by atoms with Crippen LogP contribution in [0, 0.1) is 0 Å². The minimum absolute atomic E-state index is 0.0551. The summed E-state index contributed by atoms with van der Waals surface area (Å²) in [7, 11) is 0. The Morgan fingerprint density at radius 2 is 1.81 bits per heavy atom. The van der Waals surface area contributed by atoms with E-state index in [0.29, 0.717) is 32.0 Å². The quantitative estimate of drug-likeness (QED) is 0.746. The van der Waals surface area contributed by atoms with E-state index in [0.717, 1.165) is 25.1 Å². The highest BCUT2D eigenvalue weighted by atomic mass is 16.4. The van der Waals surface area contributed by atoms with E-state index in [1.54, 1.807) is 0 Å². The highest BCUT2D eigenvalue weighted by Gasteiger charge is 2.25. The molecule has 1 aliphatic rings. The smallest absolute Gasteiger partial charge is 0.317 e. The minimum Gasteiger partial charge on any atom is -0.481 e. The van der Waals surface area contributed by atoms with E-state index in [4.69, 9.17) is 5.11 Å². The summed E-state index contributed by atoms with van der Waals surface area (Å²) in [6.07, 6.45) is 2.25. The van der Waals surface area contributed by atoms with Crippen molar-refractivity contribution in [3.05, 3.63) is 35.9 Å². The van der Waals surface area contributed by atoms with Crippen LogP contribution in [0.15, 0.2) is 30.3 Å². The predicted molar refractivity (Wildman–Crippen MR) is 102 cm³/mol. The van der Waals surface area contributed by atoms with E-state index in [1.165, 1.54) is 0 Å². The number of nitrogens with one attached hydrogen (secondary N) is 1. The van der Waals surface area contributed by atoms with E-state index in [2.05, 4.69) is 24.1 Å². The molecule has 26 heavy (non-hydrogen) atoms. The van der Waals surface area contributed by atoms with Gasteiger partial charge in [-0.15, -0.1) is 0 Å². The number of carboxylic acid groups (broad SMARTS) is 1. The average molecular weight is 361 g/mol. The van der Waals surface area contributed by atoms with Crippen LogP contribution in [0.1, 0.15) is 38.7 Å². The first-order chi connectivity index (χ1) is 12.5. The zero-order valence-corrected chi connectivity index (χ0v) is 15.9. The minimum atomic E-state index is -0.834. The van der Waals surface area contributed by atoms with Gasteiger partial charge in [0.15, 0.2) is 0 Å². The molecule has 2 atom stereocenters. The number of carboxylic acids is 1. The fourth-order valence-corrected chi connectivity index (χ4v) is 3.31. The molecule has 0 saturated carbocycles. The summed E-state index contributed by atoms with van der Waals surface area (Å²) in [6, 6.07) is 10.2. The summed E-state index contributed by atoms with van der Waals surface area (Å²) in [5, 5.41) is 12.0. The summed E-state index contributed by atoms with van der Waals surface area (Å²) in [6.45, 7) is 7.61. The second kappa shape index (κ2) is 10.2. The third-order valence-electron chi connectivity index (χ3n) is 5.17. The van der Waals surface area contributed by atoms with Gasteiger partial charge in [-0.3, -0.25) is 9.69 Å². The number of piperazine rings is 1. The maximum absolute atomic E-state index is 12.6. The van der Waals surface area contributed by atoms with Crippen LogP contribution in [-0.4, -0.2) is 65.2 Å². The predicted octanol–water partition coefficient (Wildman–Crippen LogP) is 2.59. The van der Waals surface area contributed by atoms with Crippen LogP contribution in [0.25, 0.3) is 0 Å². The first-order valence-corrected chi connectivity index (χ1v) is 9.54. The number of hydrogen-bond acceptors (Lipinski definition) is 3. The van der Waals surface area contributed by atoms with Crippen LogP contribution >= 0.6 is 0 Å². The Morgan fingerprint density at radius 1 is 1.15 bits per heavy atom.